The zero-order chi connectivity index (χ0) is 14.7. The van der Waals surface area contributed by atoms with Crippen LogP contribution in [0.25, 0.3) is 0 Å². The molecule has 0 aliphatic rings. The molecule has 3 heteroatoms. The third kappa shape index (κ3) is 2.73. The minimum Gasteiger partial charge on any atom is -0.337 e. The zero-order valence-corrected chi connectivity index (χ0v) is 12.1. The van der Waals surface area contributed by atoms with Gasteiger partial charge < -0.3 is 10.3 Å². The lowest BCUT2D eigenvalue weighted by molar-refractivity contribution is 0.570. The molecule has 1 unspecified atom stereocenters. The Morgan fingerprint density at radius 3 is 1.86 bits per heavy atom. The molecule has 1 atom stereocenters. The molecule has 21 heavy (non-hydrogen) atoms. The molecule has 2 N–H and O–H groups in total. The van der Waals surface area contributed by atoms with Crippen LogP contribution in [0.5, 0.6) is 0 Å². The summed E-state index contributed by atoms with van der Waals surface area (Å²) >= 11 is 0. The molecule has 0 fully saturated rings. The molecule has 106 valence electrons. The van der Waals surface area contributed by atoms with Crippen LogP contribution in [0.4, 0.5) is 0 Å². The van der Waals surface area contributed by atoms with Crippen LogP contribution in [0.15, 0.2) is 73.1 Å². The summed E-state index contributed by atoms with van der Waals surface area (Å²) in [6, 6.07) is 20.6. The molecule has 0 radical (unpaired) electrons. The summed E-state index contributed by atoms with van der Waals surface area (Å²) in [5.41, 5.74) is 8.98. The Balaban J connectivity index is 2.07. The predicted octanol–water partition coefficient (Wildman–Crippen LogP) is 3.25. The van der Waals surface area contributed by atoms with Crippen molar-refractivity contribution in [2.24, 2.45) is 12.8 Å². The number of nitrogens with zero attached hydrogens (tertiary/aromatic N) is 2. The highest BCUT2D eigenvalue weighted by molar-refractivity contribution is 5.35. The van der Waals surface area contributed by atoms with Gasteiger partial charge in [-0.15, -0.1) is 0 Å². The van der Waals surface area contributed by atoms with Gasteiger partial charge in [0, 0.05) is 25.4 Å². The van der Waals surface area contributed by atoms with E-state index in [9.17, 15) is 0 Å². The fourth-order valence-electron chi connectivity index (χ4n) is 2.78. The van der Waals surface area contributed by atoms with Gasteiger partial charge in [-0.2, -0.15) is 0 Å². The van der Waals surface area contributed by atoms with Crippen molar-refractivity contribution in [3.63, 3.8) is 0 Å². The van der Waals surface area contributed by atoms with Gasteiger partial charge in [0.25, 0.3) is 0 Å². The second-order valence-electron chi connectivity index (χ2n) is 5.22. The maximum atomic E-state index is 6.57. The molecule has 3 aromatic rings. The normalized spacial score (nSPS) is 12.5. The molecule has 0 saturated heterocycles. The van der Waals surface area contributed by atoms with Gasteiger partial charge in [0.2, 0.25) is 0 Å². The maximum Gasteiger partial charge on any atom is 0.126 e. The van der Waals surface area contributed by atoms with Crippen molar-refractivity contribution < 1.29 is 0 Å². The Morgan fingerprint density at radius 2 is 1.43 bits per heavy atom. The minimum absolute atomic E-state index is 0.0912. The summed E-state index contributed by atoms with van der Waals surface area (Å²) in [5, 5.41) is 0. The fraction of sp³-hybridized carbons (Fsp3) is 0.167. The van der Waals surface area contributed by atoms with Crippen molar-refractivity contribution in [3.05, 3.63) is 90.0 Å². The number of hydrogen-bond acceptors (Lipinski definition) is 2. The third-order valence-corrected chi connectivity index (χ3v) is 3.83. The highest BCUT2D eigenvalue weighted by atomic mass is 15.1. The summed E-state index contributed by atoms with van der Waals surface area (Å²) in [6.07, 6.45) is 3.73. The number of hydrogen-bond donors (Lipinski definition) is 1. The largest absolute Gasteiger partial charge is 0.337 e. The van der Waals surface area contributed by atoms with E-state index in [0.717, 1.165) is 5.82 Å². The topological polar surface area (TPSA) is 43.8 Å². The second kappa shape index (κ2) is 5.94. The van der Waals surface area contributed by atoms with Crippen molar-refractivity contribution in [2.75, 3.05) is 0 Å². The molecule has 1 heterocycles. The van der Waals surface area contributed by atoms with Gasteiger partial charge in [0.15, 0.2) is 0 Å². The molecule has 0 saturated carbocycles. The molecular formula is C18H19N3. The zero-order valence-electron chi connectivity index (χ0n) is 12.1. The Morgan fingerprint density at radius 1 is 0.905 bits per heavy atom. The molecule has 2 aromatic carbocycles. The Bertz CT molecular complexity index is 649. The van der Waals surface area contributed by atoms with E-state index in [-0.39, 0.29) is 12.0 Å². The van der Waals surface area contributed by atoms with E-state index in [0.29, 0.717) is 0 Å². The Hall–Kier alpha value is -2.39. The number of rotatable bonds is 4. The number of imidazole rings is 1. The van der Waals surface area contributed by atoms with Crippen molar-refractivity contribution in [3.8, 4) is 0 Å². The number of aryl methyl sites for hydroxylation is 1. The Labute approximate surface area is 125 Å². The fourth-order valence-corrected chi connectivity index (χ4v) is 2.78. The predicted molar refractivity (Wildman–Crippen MR) is 84.9 cm³/mol. The van der Waals surface area contributed by atoms with Crippen LogP contribution in [0, 0.1) is 0 Å². The van der Waals surface area contributed by atoms with E-state index < -0.39 is 0 Å². The average molecular weight is 277 g/mol. The van der Waals surface area contributed by atoms with Crippen LogP contribution < -0.4 is 5.73 Å². The number of benzene rings is 2. The van der Waals surface area contributed by atoms with E-state index in [1.54, 1.807) is 6.20 Å². The highest BCUT2D eigenvalue weighted by Gasteiger charge is 2.25. The molecule has 0 aliphatic heterocycles. The summed E-state index contributed by atoms with van der Waals surface area (Å²) < 4.78 is 1.99. The minimum atomic E-state index is -0.185. The van der Waals surface area contributed by atoms with Crippen molar-refractivity contribution in [1.29, 1.82) is 0 Å². The average Bonchev–Trinajstić information content (AvgIpc) is 2.96. The van der Waals surface area contributed by atoms with Gasteiger partial charge in [-0.05, 0) is 11.1 Å². The number of aromatic nitrogens is 2. The molecule has 0 spiro atoms. The standard InChI is InChI=1S/C18H19N3/c1-21-13-12-20-18(21)17(19)16(14-8-4-2-5-9-14)15-10-6-3-7-11-15/h2-13,16-17H,19H2,1H3. The summed E-state index contributed by atoms with van der Waals surface area (Å²) in [7, 11) is 1.98. The van der Waals surface area contributed by atoms with Crippen molar-refractivity contribution in [2.45, 2.75) is 12.0 Å². The SMILES string of the molecule is Cn1ccnc1C(N)C(c1ccccc1)c1ccccc1. The Kier molecular flexibility index (Phi) is 3.84. The maximum absolute atomic E-state index is 6.57. The van der Waals surface area contributed by atoms with Crippen molar-refractivity contribution in [1.82, 2.24) is 9.55 Å². The molecule has 0 aliphatic carbocycles. The highest BCUT2D eigenvalue weighted by Crippen LogP contribution is 2.34. The van der Waals surface area contributed by atoms with Gasteiger partial charge in [0.1, 0.15) is 5.82 Å². The number of nitrogens with two attached hydrogens (primary N) is 1. The molecule has 0 amide bonds. The molecule has 3 rings (SSSR count). The first-order valence-electron chi connectivity index (χ1n) is 7.10. The molecule has 1 aromatic heterocycles. The summed E-state index contributed by atoms with van der Waals surface area (Å²) in [4.78, 5) is 4.43. The van der Waals surface area contributed by atoms with E-state index in [1.807, 2.05) is 29.9 Å². The molecule has 0 bridgehead atoms. The van der Waals surface area contributed by atoms with E-state index in [1.165, 1.54) is 11.1 Å². The lowest BCUT2D eigenvalue weighted by Gasteiger charge is -2.24. The van der Waals surface area contributed by atoms with Gasteiger partial charge in [0.05, 0.1) is 6.04 Å². The lowest BCUT2D eigenvalue weighted by Crippen LogP contribution is -2.24. The molecule has 3 nitrogen and oxygen atoms in total. The quantitative estimate of drug-likeness (QED) is 0.795. The second-order valence-corrected chi connectivity index (χ2v) is 5.22. The van der Waals surface area contributed by atoms with Crippen molar-refractivity contribution >= 4 is 0 Å². The first-order chi connectivity index (χ1) is 10.3. The van der Waals surface area contributed by atoms with Gasteiger partial charge >= 0.3 is 0 Å². The third-order valence-electron chi connectivity index (χ3n) is 3.83. The first-order valence-corrected chi connectivity index (χ1v) is 7.10. The van der Waals surface area contributed by atoms with E-state index in [4.69, 9.17) is 5.73 Å². The van der Waals surface area contributed by atoms with Crippen LogP contribution in [-0.2, 0) is 7.05 Å². The van der Waals surface area contributed by atoms with Crippen LogP contribution >= 0.6 is 0 Å². The lowest BCUT2D eigenvalue weighted by atomic mass is 9.85. The van der Waals surface area contributed by atoms with Crippen LogP contribution in [-0.4, -0.2) is 9.55 Å². The van der Waals surface area contributed by atoms with E-state index in [2.05, 4.69) is 53.5 Å². The van der Waals surface area contributed by atoms with Crippen LogP contribution in [0.1, 0.15) is 28.9 Å². The van der Waals surface area contributed by atoms with E-state index >= 15 is 0 Å². The van der Waals surface area contributed by atoms with Gasteiger partial charge in [-0.25, -0.2) is 4.98 Å². The monoisotopic (exact) mass is 277 g/mol. The first kappa shape index (κ1) is 13.6. The van der Waals surface area contributed by atoms with Gasteiger partial charge in [-0.3, -0.25) is 0 Å². The summed E-state index contributed by atoms with van der Waals surface area (Å²) in [5.74, 6) is 0.987. The van der Waals surface area contributed by atoms with Gasteiger partial charge in [-0.1, -0.05) is 60.7 Å². The van der Waals surface area contributed by atoms with Crippen LogP contribution in [0.2, 0.25) is 0 Å². The summed E-state index contributed by atoms with van der Waals surface area (Å²) in [6.45, 7) is 0. The molecular weight excluding hydrogens is 258 g/mol. The van der Waals surface area contributed by atoms with Crippen LogP contribution in [0.3, 0.4) is 0 Å². The smallest absolute Gasteiger partial charge is 0.126 e.